The topological polar surface area (TPSA) is 40.5 Å². The van der Waals surface area contributed by atoms with Crippen LogP contribution in [-0.2, 0) is 4.79 Å². The molecular formula is C11H12ClNO2. The summed E-state index contributed by atoms with van der Waals surface area (Å²) in [5, 5.41) is 9.58. The number of hydrogen-bond donors (Lipinski definition) is 1. The molecule has 2 rings (SSSR count). The molecule has 15 heavy (non-hydrogen) atoms. The molecular weight excluding hydrogens is 214 g/mol. The third-order valence-electron chi connectivity index (χ3n) is 2.73. The summed E-state index contributed by atoms with van der Waals surface area (Å²) in [6.45, 7) is 1.40. The summed E-state index contributed by atoms with van der Waals surface area (Å²) in [5.74, 6) is -0.938. The van der Waals surface area contributed by atoms with Gasteiger partial charge in [-0.05, 0) is 30.7 Å². The van der Waals surface area contributed by atoms with Gasteiger partial charge in [-0.2, -0.15) is 0 Å². The normalized spacial score (nSPS) is 20.6. The first-order valence-electron chi connectivity index (χ1n) is 4.90. The van der Waals surface area contributed by atoms with Crippen LogP contribution in [0, 0.1) is 5.92 Å². The zero-order valence-corrected chi connectivity index (χ0v) is 8.94. The molecule has 0 unspecified atom stereocenters. The molecule has 1 saturated heterocycles. The molecule has 0 aromatic heterocycles. The van der Waals surface area contributed by atoms with Gasteiger partial charge >= 0.3 is 5.97 Å². The molecule has 4 heteroatoms. The number of halogens is 1. The van der Waals surface area contributed by atoms with Crippen molar-refractivity contribution in [1.29, 1.82) is 0 Å². The number of benzene rings is 1. The third-order valence-corrected chi connectivity index (χ3v) is 2.98. The highest BCUT2D eigenvalue weighted by Gasteiger charge is 2.27. The fourth-order valence-corrected chi connectivity index (χ4v) is 1.97. The highest BCUT2D eigenvalue weighted by atomic mass is 35.5. The molecule has 1 atom stereocenters. The Bertz CT molecular complexity index is 363. The number of aliphatic carboxylic acids is 1. The van der Waals surface area contributed by atoms with E-state index in [0.717, 1.165) is 18.7 Å². The van der Waals surface area contributed by atoms with Crippen LogP contribution < -0.4 is 4.90 Å². The Morgan fingerprint density at radius 1 is 1.40 bits per heavy atom. The number of carbonyl (C=O) groups is 1. The van der Waals surface area contributed by atoms with Crippen LogP contribution in [-0.4, -0.2) is 24.2 Å². The van der Waals surface area contributed by atoms with Gasteiger partial charge in [-0.25, -0.2) is 0 Å². The standard InChI is InChI=1S/C11H12ClNO2/c12-9-1-3-10(4-2-9)13-6-5-8(7-13)11(14)15/h1-4,8H,5-7H2,(H,14,15)/t8-/m1/s1. The zero-order chi connectivity index (χ0) is 10.8. The summed E-state index contributed by atoms with van der Waals surface area (Å²) in [4.78, 5) is 12.9. The summed E-state index contributed by atoms with van der Waals surface area (Å²) < 4.78 is 0. The lowest BCUT2D eigenvalue weighted by molar-refractivity contribution is -0.140. The maximum atomic E-state index is 10.8. The van der Waals surface area contributed by atoms with Gasteiger partial charge in [0.2, 0.25) is 0 Å². The van der Waals surface area contributed by atoms with Crippen molar-refractivity contribution in [2.75, 3.05) is 18.0 Å². The van der Waals surface area contributed by atoms with Gasteiger partial charge < -0.3 is 10.0 Å². The van der Waals surface area contributed by atoms with Gasteiger partial charge in [0.05, 0.1) is 5.92 Å². The average molecular weight is 226 g/mol. The SMILES string of the molecule is O=C(O)[C@@H]1CCN(c2ccc(Cl)cc2)C1. The molecule has 1 aromatic rings. The highest BCUT2D eigenvalue weighted by Crippen LogP contribution is 2.25. The van der Waals surface area contributed by atoms with E-state index in [2.05, 4.69) is 4.90 Å². The number of rotatable bonds is 2. The molecule has 0 aliphatic carbocycles. The lowest BCUT2D eigenvalue weighted by atomic mass is 10.1. The Morgan fingerprint density at radius 2 is 2.07 bits per heavy atom. The van der Waals surface area contributed by atoms with Gasteiger partial charge in [-0.15, -0.1) is 0 Å². The molecule has 0 spiro atoms. The van der Waals surface area contributed by atoms with Crippen LogP contribution in [0.4, 0.5) is 5.69 Å². The van der Waals surface area contributed by atoms with E-state index in [-0.39, 0.29) is 5.92 Å². The van der Waals surface area contributed by atoms with Crippen molar-refractivity contribution in [2.24, 2.45) is 5.92 Å². The summed E-state index contributed by atoms with van der Waals surface area (Å²) in [7, 11) is 0. The van der Waals surface area contributed by atoms with Crippen LogP contribution in [0.3, 0.4) is 0 Å². The predicted molar refractivity (Wildman–Crippen MR) is 59.4 cm³/mol. The average Bonchev–Trinajstić information content (AvgIpc) is 2.68. The lowest BCUT2D eigenvalue weighted by Gasteiger charge is -2.17. The zero-order valence-electron chi connectivity index (χ0n) is 8.19. The van der Waals surface area contributed by atoms with E-state index in [1.54, 1.807) is 0 Å². The first-order chi connectivity index (χ1) is 7.16. The Balaban J connectivity index is 2.07. The number of carboxylic acids is 1. The Hall–Kier alpha value is -1.22. The summed E-state index contributed by atoms with van der Waals surface area (Å²) in [5.41, 5.74) is 1.04. The summed E-state index contributed by atoms with van der Waals surface area (Å²) >= 11 is 5.78. The van der Waals surface area contributed by atoms with Crippen LogP contribution in [0.5, 0.6) is 0 Å². The smallest absolute Gasteiger partial charge is 0.308 e. The van der Waals surface area contributed by atoms with Crippen LogP contribution >= 0.6 is 11.6 Å². The van der Waals surface area contributed by atoms with Crippen molar-refractivity contribution < 1.29 is 9.90 Å². The Labute approximate surface area is 93.3 Å². The molecule has 1 N–H and O–H groups in total. The van der Waals surface area contributed by atoms with Gasteiger partial charge in [0.15, 0.2) is 0 Å². The van der Waals surface area contributed by atoms with Crippen molar-refractivity contribution in [2.45, 2.75) is 6.42 Å². The fraction of sp³-hybridized carbons (Fsp3) is 0.364. The predicted octanol–water partition coefficient (Wildman–Crippen LogP) is 2.25. The lowest BCUT2D eigenvalue weighted by Crippen LogP contribution is -2.22. The highest BCUT2D eigenvalue weighted by molar-refractivity contribution is 6.30. The molecule has 1 aliphatic rings. The second-order valence-electron chi connectivity index (χ2n) is 3.75. The minimum Gasteiger partial charge on any atom is -0.481 e. The fourth-order valence-electron chi connectivity index (χ4n) is 1.85. The molecule has 3 nitrogen and oxygen atoms in total. The summed E-state index contributed by atoms with van der Waals surface area (Å²) in [6.07, 6.45) is 0.720. The van der Waals surface area contributed by atoms with Gasteiger partial charge in [-0.1, -0.05) is 11.6 Å². The molecule has 0 saturated carbocycles. The van der Waals surface area contributed by atoms with Crippen molar-refractivity contribution in [1.82, 2.24) is 0 Å². The number of nitrogens with zero attached hydrogens (tertiary/aromatic N) is 1. The Kier molecular flexibility index (Phi) is 2.82. The number of carboxylic acid groups (broad SMARTS) is 1. The third kappa shape index (κ3) is 2.23. The van der Waals surface area contributed by atoms with Gasteiger partial charge in [-0.3, -0.25) is 4.79 Å². The largest absolute Gasteiger partial charge is 0.481 e. The van der Waals surface area contributed by atoms with E-state index >= 15 is 0 Å². The second-order valence-corrected chi connectivity index (χ2v) is 4.18. The van der Waals surface area contributed by atoms with E-state index in [9.17, 15) is 4.79 Å². The maximum absolute atomic E-state index is 10.8. The quantitative estimate of drug-likeness (QED) is 0.839. The van der Waals surface area contributed by atoms with Crippen molar-refractivity contribution in [3.8, 4) is 0 Å². The number of anilines is 1. The van der Waals surface area contributed by atoms with Crippen LogP contribution in [0.15, 0.2) is 24.3 Å². The monoisotopic (exact) mass is 225 g/mol. The van der Waals surface area contributed by atoms with Crippen LogP contribution in [0.25, 0.3) is 0 Å². The second kappa shape index (κ2) is 4.11. The molecule has 0 radical (unpaired) electrons. The minimum absolute atomic E-state index is 0.235. The van der Waals surface area contributed by atoms with E-state index < -0.39 is 5.97 Å². The maximum Gasteiger partial charge on any atom is 0.308 e. The van der Waals surface area contributed by atoms with E-state index in [4.69, 9.17) is 16.7 Å². The van der Waals surface area contributed by atoms with Gasteiger partial charge in [0, 0.05) is 23.8 Å². The molecule has 0 amide bonds. The van der Waals surface area contributed by atoms with Crippen molar-refractivity contribution >= 4 is 23.3 Å². The van der Waals surface area contributed by atoms with Crippen LogP contribution in [0.1, 0.15) is 6.42 Å². The Morgan fingerprint density at radius 3 is 2.60 bits per heavy atom. The number of hydrogen-bond acceptors (Lipinski definition) is 2. The molecule has 80 valence electrons. The van der Waals surface area contributed by atoms with E-state index in [1.807, 2.05) is 24.3 Å². The molecule has 1 heterocycles. The van der Waals surface area contributed by atoms with Crippen molar-refractivity contribution in [3.63, 3.8) is 0 Å². The van der Waals surface area contributed by atoms with Gasteiger partial charge in [0.1, 0.15) is 0 Å². The van der Waals surface area contributed by atoms with E-state index in [0.29, 0.717) is 11.6 Å². The minimum atomic E-state index is -0.702. The molecule has 0 bridgehead atoms. The van der Waals surface area contributed by atoms with Gasteiger partial charge in [0.25, 0.3) is 0 Å². The first kappa shape index (κ1) is 10.3. The van der Waals surface area contributed by atoms with Crippen molar-refractivity contribution in [3.05, 3.63) is 29.3 Å². The van der Waals surface area contributed by atoms with Crippen LogP contribution in [0.2, 0.25) is 5.02 Å². The first-order valence-corrected chi connectivity index (χ1v) is 5.28. The molecule has 1 aliphatic heterocycles. The van der Waals surface area contributed by atoms with E-state index in [1.165, 1.54) is 0 Å². The molecule has 1 aromatic carbocycles. The summed E-state index contributed by atoms with van der Waals surface area (Å²) in [6, 6.07) is 7.50. The molecule has 1 fully saturated rings.